The highest BCUT2D eigenvalue weighted by Gasteiger charge is 2.13. The molecule has 0 saturated carbocycles. The van der Waals surface area contributed by atoms with Crippen molar-refractivity contribution in [2.24, 2.45) is 0 Å². The highest BCUT2D eigenvalue weighted by Crippen LogP contribution is 2.21. The quantitative estimate of drug-likeness (QED) is 0.834. The number of hydrogen-bond donors (Lipinski definition) is 1. The van der Waals surface area contributed by atoms with Crippen LogP contribution >= 0.6 is 0 Å². The number of carboxylic acids is 1. The smallest absolute Gasteiger partial charge is 0.312 e. The summed E-state index contributed by atoms with van der Waals surface area (Å²) in [4.78, 5) is 23.4. The van der Waals surface area contributed by atoms with Gasteiger partial charge in [0.1, 0.15) is 12.0 Å². The number of carbonyl (C=O) groups excluding carboxylic acids is 1. The number of aliphatic carboxylic acids is 1. The molecule has 0 unspecified atom stereocenters. The summed E-state index contributed by atoms with van der Waals surface area (Å²) < 4.78 is 5.41. The predicted octanol–water partition coefficient (Wildman–Crippen LogP) is 1.91. The molecule has 1 aromatic carbocycles. The van der Waals surface area contributed by atoms with Crippen LogP contribution in [-0.2, 0) is 16.0 Å². The van der Waals surface area contributed by atoms with Crippen LogP contribution < -0.4 is 0 Å². The van der Waals surface area contributed by atoms with Gasteiger partial charge in [-0.1, -0.05) is 18.2 Å². The largest absolute Gasteiger partial charge is 0.481 e. The lowest BCUT2D eigenvalue weighted by Crippen LogP contribution is -2.30. The number of furan rings is 1. The molecule has 0 aliphatic heterocycles. The highest BCUT2D eigenvalue weighted by atomic mass is 16.4. The van der Waals surface area contributed by atoms with E-state index in [1.807, 2.05) is 24.3 Å². The Hall–Kier alpha value is -2.30. The van der Waals surface area contributed by atoms with E-state index in [4.69, 9.17) is 9.52 Å². The van der Waals surface area contributed by atoms with Crippen molar-refractivity contribution in [1.29, 1.82) is 0 Å². The van der Waals surface area contributed by atoms with E-state index in [0.29, 0.717) is 13.0 Å². The summed E-state index contributed by atoms with van der Waals surface area (Å²) in [5.41, 5.74) is 1.84. The van der Waals surface area contributed by atoms with Crippen molar-refractivity contribution in [3.05, 3.63) is 36.1 Å². The molecule has 2 rings (SSSR count). The number of fused-ring (bicyclic) bond motifs is 1. The van der Waals surface area contributed by atoms with Gasteiger partial charge >= 0.3 is 5.97 Å². The second-order valence-corrected chi connectivity index (χ2v) is 4.39. The molecule has 1 aromatic heterocycles. The van der Waals surface area contributed by atoms with Crippen LogP contribution in [0.4, 0.5) is 0 Å². The van der Waals surface area contributed by atoms with E-state index in [1.54, 1.807) is 13.3 Å². The van der Waals surface area contributed by atoms with Gasteiger partial charge in [-0.25, -0.2) is 0 Å². The van der Waals surface area contributed by atoms with Crippen molar-refractivity contribution >= 4 is 22.8 Å². The molecule has 100 valence electrons. The summed E-state index contributed by atoms with van der Waals surface area (Å²) >= 11 is 0. The molecule has 0 saturated heterocycles. The third kappa shape index (κ3) is 3.13. The van der Waals surface area contributed by atoms with Gasteiger partial charge < -0.3 is 14.4 Å². The molecule has 0 spiro atoms. The Kier molecular flexibility index (Phi) is 3.85. The number of hydrogen-bond acceptors (Lipinski definition) is 3. The standard InChI is InChI=1S/C14H15NO4/c1-15(13(16)8-14(17)18)7-6-10-9-19-12-5-3-2-4-11(10)12/h2-5,9H,6-8H2,1H3,(H,17,18). The van der Waals surface area contributed by atoms with E-state index in [0.717, 1.165) is 16.5 Å². The zero-order valence-corrected chi connectivity index (χ0v) is 10.6. The summed E-state index contributed by atoms with van der Waals surface area (Å²) in [6, 6.07) is 7.68. The molecule has 0 aliphatic carbocycles. The van der Waals surface area contributed by atoms with Gasteiger partial charge in [0.25, 0.3) is 0 Å². The Bertz CT molecular complexity index is 602. The van der Waals surface area contributed by atoms with Crippen LogP contribution in [0.15, 0.2) is 34.9 Å². The second-order valence-electron chi connectivity index (χ2n) is 4.39. The molecule has 2 aromatic rings. The lowest BCUT2D eigenvalue weighted by molar-refractivity contribution is -0.143. The first-order chi connectivity index (χ1) is 9.08. The maximum Gasteiger partial charge on any atom is 0.312 e. The lowest BCUT2D eigenvalue weighted by atomic mass is 10.1. The van der Waals surface area contributed by atoms with Gasteiger partial charge in [0.2, 0.25) is 5.91 Å². The topological polar surface area (TPSA) is 70.8 Å². The minimum Gasteiger partial charge on any atom is -0.481 e. The first-order valence-corrected chi connectivity index (χ1v) is 5.99. The number of nitrogens with zero attached hydrogens (tertiary/aromatic N) is 1. The fraction of sp³-hybridized carbons (Fsp3) is 0.286. The molecular weight excluding hydrogens is 246 g/mol. The molecule has 0 radical (unpaired) electrons. The Morgan fingerprint density at radius 3 is 2.79 bits per heavy atom. The molecule has 1 heterocycles. The Morgan fingerprint density at radius 1 is 1.32 bits per heavy atom. The summed E-state index contributed by atoms with van der Waals surface area (Å²) in [5.74, 6) is -1.49. The van der Waals surface area contributed by atoms with Crippen molar-refractivity contribution in [2.45, 2.75) is 12.8 Å². The van der Waals surface area contributed by atoms with Crippen molar-refractivity contribution in [3.63, 3.8) is 0 Å². The van der Waals surface area contributed by atoms with E-state index in [-0.39, 0.29) is 5.91 Å². The third-order valence-corrected chi connectivity index (χ3v) is 3.01. The monoisotopic (exact) mass is 261 g/mol. The number of para-hydroxylation sites is 1. The molecular formula is C14H15NO4. The van der Waals surface area contributed by atoms with E-state index >= 15 is 0 Å². The molecule has 5 heteroatoms. The van der Waals surface area contributed by atoms with E-state index < -0.39 is 12.4 Å². The fourth-order valence-electron chi connectivity index (χ4n) is 1.90. The zero-order valence-electron chi connectivity index (χ0n) is 10.6. The number of likely N-dealkylation sites (N-methyl/N-ethyl adjacent to an activating group) is 1. The van der Waals surface area contributed by atoms with Crippen molar-refractivity contribution < 1.29 is 19.1 Å². The van der Waals surface area contributed by atoms with Crippen LogP contribution in [-0.4, -0.2) is 35.5 Å². The van der Waals surface area contributed by atoms with Crippen molar-refractivity contribution in [2.75, 3.05) is 13.6 Å². The summed E-state index contributed by atoms with van der Waals surface area (Å²) in [5, 5.41) is 9.59. The molecule has 0 bridgehead atoms. The SMILES string of the molecule is CN(CCc1coc2ccccc12)C(=O)CC(=O)O. The molecule has 1 amide bonds. The highest BCUT2D eigenvalue weighted by molar-refractivity contribution is 5.93. The summed E-state index contributed by atoms with van der Waals surface area (Å²) in [6.07, 6.45) is 1.85. The summed E-state index contributed by atoms with van der Waals surface area (Å²) in [7, 11) is 1.60. The number of carboxylic acid groups (broad SMARTS) is 1. The van der Waals surface area contributed by atoms with Crippen molar-refractivity contribution in [3.8, 4) is 0 Å². The number of benzene rings is 1. The average Bonchev–Trinajstić information content (AvgIpc) is 2.78. The van der Waals surface area contributed by atoms with Crippen LogP contribution in [0, 0.1) is 0 Å². The number of carbonyl (C=O) groups is 2. The van der Waals surface area contributed by atoms with Crippen LogP contribution in [0.5, 0.6) is 0 Å². The normalized spacial score (nSPS) is 10.6. The first-order valence-electron chi connectivity index (χ1n) is 5.99. The van der Waals surface area contributed by atoms with Crippen molar-refractivity contribution in [1.82, 2.24) is 4.90 Å². The molecule has 0 fully saturated rings. The van der Waals surface area contributed by atoms with Gasteiger partial charge in [0.15, 0.2) is 0 Å². The Labute approximate surface area is 110 Å². The summed E-state index contributed by atoms with van der Waals surface area (Å²) in [6.45, 7) is 0.468. The van der Waals surface area contributed by atoms with Gasteiger partial charge in [-0.15, -0.1) is 0 Å². The zero-order chi connectivity index (χ0) is 13.8. The van der Waals surface area contributed by atoms with Gasteiger partial charge in [0, 0.05) is 19.0 Å². The van der Waals surface area contributed by atoms with E-state index in [1.165, 1.54) is 4.90 Å². The lowest BCUT2D eigenvalue weighted by Gasteiger charge is -2.15. The van der Waals surface area contributed by atoms with Gasteiger partial charge in [-0.2, -0.15) is 0 Å². The Balaban J connectivity index is 1.99. The van der Waals surface area contributed by atoms with Crippen LogP contribution in [0.2, 0.25) is 0 Å². The van der Waals surface area contributed by atoms with E-state index in [2.05, 4.69) is 0 Å². The van der Waals surface area contributed by atoms with E-state index in [9.17, 15) is 9.59 Å². The van der Waals surface area contributed by atoms with Gasteiger partial charge in [-0.05, 0) is 18.1 Å². The minimum absolute atomic E-state index is 0.389. The minimum atomic E-state index is -1.11. The molecule has 0 atom stereocenters. The van der Waals surface area contributed by atoms with Gasteiger partial charge in [-0.3, -0.25) is 9.59 Å². The maximum absolute atomic E-state index is 11.5. The van der Waals surface area contributed by atoms with Crippen LogP contribution in [0.3, 0.4) is 0 Å². The second kappa shape index (κ2) is 5.56. The predicted molar refractivity (Wildman–Crippen MR) is 69.8 cm³/mol. The first kappa shape index (κ1) is 13.1. The third-order valence-electron chi connectivity index (χ3n) is 3.01. The molecule has 5 nitrogen and oxygen atoms in total. The molecule has 19 heavy (non-hydrogen) atoms. The average molecular weight is 261 g/mol. The Morgan fingerprint density at radius 2 is 2.05 bits per heavy atom. The van der Waals surface area contributed by atoms with Crippen LogP contribution in [0.1, 0.15) is 12.0 Å². The number of rotatable bonds is 5. The molecule has 1 N–H and O–H groups in total. The maximum atomic E-state index is 11.5. The van der Waals surface area contributed by atoms with Gasteiger partial charge in [0.05, 0.1) is 6.26 Å². The molecule has 0 aliphatic rings. The number of amides is 1. The fourth-order valence-corrected chi connectivity index (χ4v) is 1.90. The van der Waals surface area contributed by atoms with Crippen LogP contribution in [0.25, 0.3) is 11.0 Å².